The Balaban J connectivity index is 1.91. The van der Waals surface area contributed by atoms with Gasteiger partial charge in [-0.3, -0.25) is 4.90 Å². The number of carboxylic acid groups (broad SMARTS) is 1. The predicted octanol–water partition coefficient (Wildman–Crippen LogP) is 2.86. The molecule has 4 heterocycles. The second kappa shape index (κ2) is 4.86. The number of hydrogen-bond donors (Lipinski definition) is 2. The number of rotatable bonds is 2. The molecule has 2 N–H and O–H groups in total. The van der Waals surface area contributed by atoms with Crippen LogP contribution >= 0.6 is 0 Å². The first-order valence-corrected chi connectivity index (χ1v) is 9.34. The number of para-hydroxylation sites is 1. The molecule has 0 bridgehead atoms. The molecule has 1 saturated heterocycles. The molecule has 5 nitrogen and oxygen atoms in total. The lowest BCUT2D eigenvalue weighted by molar-refractivity contribution is -0.190. The van der Waals surface area contributed by atoms with Crippen LogP contribution in [-0.4, -0.2) is 38.7 Å². The van der Waals surface area contributed by atoms with E-state index in [1.54, 1.807) is 4.57 Å². The van der Waals surface area contributed by atoms with E-state index in [0.717, 1.165) is 55.4 Å². The van der Waals surface area contributed by atoms with Gasteiger partial charge in [0.05, 0.1) is 11.6 Å². The van der Waals surface area contributed by atoms with Crippen molar-refractivity contribution >= 4 is 16.9 Å². The van der Waals surface area contributed by atoms with Crippen molar-refractivity contribution in [2.24, 2.45) is 5.41 Å². The van der Waals surface area contributed by atoms with Crippen LogP contribution in [0.3, 0.4) is 0 Å². The molecule has 0 saturated carbocycles. The van der Waals surface area contributed by atoms with Crippen LogP contribution in [0.2, 0.25) is 0 Å². The minimum absolute atomic E-state index is 0.162. The molecule has 0 radical (unpaired) electrons. The summed E-state index contributed by atoms with van der Waals surface area (Å²) in [5.74, 6) is -1.13. The van der Waals surface area contributed by atoms with E-state index in [1.165, 1.54) is 5.56 Å². The number of aliphatic hydroxyl groups is 1. The molecule has 5 heteroatoms. The average Bonchev–Trinajstić information content (AvgIpc) is 2.96. The summed E-state index contributed by atoms with van der Waals surface area (Å²) in [5.41, 5.74) is 1.14. The van der Waals surface area contributed by atoms with Crippen LogP contribution in [0.15, 0.2) is 24.3 Å². The molecule has 0 aliphatic carbocycles. The Morgan fingerprint density at radius 2 is 2.12 bits per heavy atom. The second-order valence-electron chi connectivity index (χ2n) is 8.02. The van der Waals surface area contributed by atoms with Gasteiger partial charge in [-0.15, -0.1) is 0 Å². The van der Waals surface area contributed by atoms with Gasteiger partial charge in [-0.25, -0.2) is 4.79 Å². The summed E-state index contributed by atoms with van der Waals surface area (Å²) < 4.78 is 1.76. The van der Waals surface area contributed by atoms with Gasteiger partial charge >= 0.3 is 5.97 Å². The molecule has 2 aromatic rings. The fourth-order valence-electron chi connectivity index (χ4n) is 5.94. The first kappa shape index (κ1) is 15.4. The molecule has 1 aromatic carbocycles. The monoisotopic (exact) mass is 340 g/mol. The van der Waals surface area contributed by atoms with Crippen LogP contribution in [-0.2, 0) is 16.9 Å². The van der Waals surface area contributed by atoms with Gasteiger partial charge in [-0.1, -0.05) is 25.1 Å². The van der Waals surface area contributed by atoms with Crippen molar-refractivity contribution in [1.82, 2.24) is 9.47 Å². The van der Waals surface area contributed by atoms with E-state index in [9.17, 15) is 15.0 Å². The van der Waals surface area contributed by atoms with Gasteiger partial charge in [0, 0.05) is 24.0 Å². The molecule has 3 unspecified atom stereocenters. The Hall–Kier alpha value is -1.85. The molecule has 132 valence electrons. The van der Waals surface area contributed by atoms with E-state index < -0.39 is 11.7 Å². The minimum atomic E-state index is -1.86. The Labute approximate surface area is 146 Å². The number of hydrogen-bond acceptors (Lipinski definition) is 3. The molecule has 0 amide bonds. The zero-order chi connectivity index (χ0) is 17.4. The summed E-state index contributed by atoms with van der Waals surface area (Å²) in [6, 6.07) is 8.19. The van der Waals surface area contributed by atoms with E-state index in [2.05, 4.69) is 17.9 Å². The highest BCUT2D eigenvalue weighted by Crippen LogP contribution is 2.60. The Kier molecular flexibility index (Phi) is 3.00. The van der Waals surface area contributed by atoms with Crippen molar-refractivity contribution < 1.29 is 15.0 Å². The number of carbonyl (C=O) groups is 1. The molecule has 3 aliphatic heterocycles. The van der Waals surface area contributed by atoms with Gasteiger partial charge in [-0.2, -0.15) is 0 Å². The molecule has 25 heavy (non-hydrogen) atoms. The zero-order valence-corrected chi connectivity index (χ0v) is 14.5. The minimum Gasteiger partial charge on any atom is -0.478 e. The Bertz CT molecular complexity index is 888. The standard InChI is InChI=1S/C20H24N2O3/c1-2-19-9-5-10-21-11-8-14-13-6-3-4-7-15(13)22(16(14)17(19)21)20(25,12-19)18(23)24/h3-4,6-7,17,25H,2,5,8-12H2,1H3,(H,23,24). The highest BCUT2D eigenvalue weighted by atomic mass is 16.4. The lowest BCUT2D eigenvalue weighted by Crippen LogP contribution is -2.59. The van der Waals surface area contributed by atoms with Crippen LogP contribution in [0.5, 0.6) is 0 Å². The highest BCUT2D eigenvalue weighted by Gasteiger charge is 2.59. The SMILES string of the molecule is CCC12CCCN3CCc4c(n(c5ccccc45)C(O)(C(=O)O)C1)C32. The Morgan fingerprint density at radius 3 is 2.88 bits per heavy atom. The molecule has 3 atom stereocenters. The molecular weight excluding hydrogens is 316 g/mol. The van der Waals surface area contributed by atoms with Crippen LogP contribution < -0.4 is 0 Å². The number of aromatic nitrogens is 1. The third-order valence-electron chi connectivity index (χ3n) is 7.01. The van der Waals surface area contributed by atoms with E-state index in [4.69, 9.17) is 0 Å². The fourth-order valence-corrected chi connectivity index (χ4v) is 5.94. The summed E-state index contributed by atoms with van der Waals surface area (Å²) in [5, 5.41) is 22.5. The normalized spacial score (nSPS) is 34.1. The molecule has 3 aliphatic rings. The van der Waals surface area contributed by atoms with Crippen LogP contribution in [0, 0.1) is 5.41 Å². The van der Waals surface area contributed by atoms with Crippen molar-refractivity contribution in [3.05, 3.63) is 35.5 Å². The molecule has 5 rings (SSSR count). The maximum atomic E-state index is 12.2. The number of fused-ring (bicyclic) bond motifs is 3. The van der Waals surface area contributed by atoms with Gasteiger partial charge < -0.3 is 14.8 Å². The first-order chi connectivity index (χ1) is 12.0. The zero-order valence-electron chi connectivity index (χ0n) is 14.5. The summed E-state index contributed by atoms with van der Waals surface area (Å²) in [6.07, 6.45) is 4.18. The molecular formula is C20H24N2O3. The van der Waals surface area contributed by atoms with E-state index >= 15 is 0 Å². The third kappa shape index (κ3) is 1.73. The van der Waals surface area contributed by atoms with Crippen molar-refractivity contribution in [3.8, 4) is 0 Å². The predicted molar refractivity (Wildman–Crippen MR) is 94.4 cm³/mol. The fraction of sp³-hybridized carbons (Fsp3) is 0.550. The van der Waals surface area contributed by atoms with Crippen molar-refractivity contribution in [3.63, 3.8) is 0 Å². The van der Waals surface area contributed by atoms with Gasteiger partial charge in [0.25, 0.3) is 0 Å². The first-order valence-electron chi connectivity index (χ1n) is 9.34. The molecule has 1 fully saturated rings. The van der Waals surface area contributed by atoms with Gasteiger partial charge in [0.2, 0.25) is 5.72 Å². The molecule has 1 aromatic heterocycles. The summed E-state index contributed by atoms with van der Waals surface area (Å²) in [7, 11) is 0. The van der Waals surface area contributed by atoms with Gasteiger partial charge in [0.15, 0.2) is 0 Å². The average molecular weight is 340 g/mol. The largest absolute Gasteiger partial charge is 0.478 e. The van der Waals surface area contributed by atoms with Crippen molar-refractivity contribution in [1.29, 1.82) is 0 Å². The van der Waals surface area contributed by atoms with Crippen LogP contribution in [0.1, 0.15) is 49.9 Å². The summed E-state index contributed by atoms with van der Waals surface area (Å²) in [6.45, 7) is 4.25. The van der Waals surface area contributed by atoms with Crippen LogP contribution in [0.4, 0.5) is 0 Å². The quantitative estimate of drug-likeness (QED) is 0.882. The second-order valence-corrected chi connectivity index (χ2v) is 8.02. The number of carboxylic acids is 1. The third-order valence-corrected chi connectivity index (χ3v) is 7.01. The topological polar surface area (TPSA) is 65.7 Å². The summed E-state index contributed by atoms with van der Waals surface area (Å²) >= 11 is 0. The number of piperidine rings is 1. The van der Waals surface area contributed by atoms with Crippen molar-refractivity contribution in [2.75, 3.05) is 13.1 Å². The lowest BCUT2D eigenvalue weighted by atomic mass is 9.62. The maximum absolute atomic E-state index is 12.2. The number of benzene rings is 1. The number of nitrogens with zero attached hydrogens (tertiary/aromatic N) is 2. The molecule has 0 spiro atoms. The van der Waals surface area contributed by atoms with E-state index in [1.807, 2.05) is 18.2 Å². The highest BCUT2D eigenvalue weighted by molar-refractivity contribution is 5.89. The van der Waals surface area contributed by atoms with Gasteiger partial charge in [0.1, 0.15) is 0 Å². The van der Waals surface area contributed by atoms with E-state index in [-0.39, 0.29) is 17.9 Å². The van der Waals surface area contributed by atoms with Gasteiger partial charge in [-0.05, 0) is 49.3 Å². The van der Waals surface area contributed by atoms with Crippen molar-refractivity contribution in [2.45, 2.75) is 50.8 Å². The summed E-state index contributed by atoms with van der Waals surface area (Å²) in [4.78, 5) is 14.8. The Morgan fingerprint density at radius 1 is 1.32 bits per heavy atom. The smallest absolute Gasteiger partial charge is 0.357 e. The van der Waals surface area contributed by atoms with E-state index in [0.29, 0.717) is 0 Å². The maximum Gasteiger partial charge on any atom is 0.357 e. The number of aliphatic carboxylic acids is 1. The lowest BCUT2D eigenvalue weighted by Gasteiger charge is -2.57. The van der Waals surface area contributed by atoms with Crippen LogP contribution in [0.25, 0.3) is 10.9 Å².